The summed E-state index contributed by atoms with van der Waals surface area (Å²) in [5, 5.41) is 11.2. The lowest BCUT2D eigenvalue weighted by molar-refractivity contribution is -0.144. The van der Waals surface area contributed by atoms with E-state index in [1.165, 1.54) is 30.3 Å². The van der Waals surface area contributed by atoms with Gasteiger partial charge < -0.3 is 26.2 Å². The maximum absolute atomic E-state index is 14.9. The summed E-state index contributed by atoms with van der Waals surface area (Å²) in [7, 11) is -2.54. The number of carbonyl (C=O) groups excluding carboxylic acids is 5. The SMILES string of the molecule is C=CCNC(=O)C(=O)C(CCCC)NC(=O)[C@@H]1[C@@H](C(C)C)CCN1C(=O)[C@@H](NC(=O)N[C@H](CN(C)S(=O)(=O)c1ccccn1)C(C)(C)C)C1Cc2ccccc2C1. The van der Waals surface area contributed by atoms with Crippen LogP contribution in [0.25, 0.3) is 0 Å². The Hall–Kier alpha value is -4.63. The fourth-order valence-electron chi connectivity index (χ4n) is 7.72. The third kappa shape index (κ3) is 11.3. The number of nitrogens with one attached hydrogen (secondary N) is 4. The molecule has 57 heavy (non-hydrogen) atoms. The molecule has 0 saturated carbocycles. The van der Waals surface area contributed by atoms with Gasteiger partial charge in [0.25, 0.3) is 15.9 Å². The number of unbranched alkanes of at least 4 members (excludes halogenated alkanes) is 1. The first-order valence-corrected chi connectivity index (χ1v) is 21.4. The highest BCUT2D eigenvalue weighted by molar-refractivity contribution is 7.89. The maximum Gasteiger partial charge on any atom is 0.315 e. The number of ketones is 1. The van der Waals surface area contributed by atoms with E-state index >= 15 is 0 Å². The second-order valence-electron chi connectivity index (χ2n) is 16.6. The molecule has 1 aromatic heterocycles. The van der Waals surface area contributed by atoms with Crippen LogP contribution in [0, 0.1) is 23.2 Å². The number of sulfonamides is 1. The zero-order valence-electron chi connectivity index (χ0n) is 34.4. The first kappa shape index (κ1) is 45.1. The number of amides is 5. The fraction of sp³-hybridized carbons (Fsp3) is 0.571. The number of carbonyl (C=O) groups is 5. The number of benzene rings is 1. The number of Topliss-reactive ketones (excluding diaryl/α,β-unsaturated/α-hetero) is 1. The first-order chi connectivity index (χ1) is 26.9. The number of urea groups is 1. The highest BCUT2D eigenvalue weighted by Gasteiger charge is 2.48. The van der Waals surface area contributed by atoms with Crippen LogP contribution in [0.5, 0.6) is 0 Å². The van der Waals surface area contributed by atoms with Gasteiger partial charge in [-0.1, -0.05) is 90.8 Å². The van der Waals surface area contributed by atoms with E-state index in [0.29, 0.717) is 25.7 Å². The Bertz CT molecular complexity index is 1840. The molecule has 5 amide bonds. The van der Waals surface area contributed by atoms with Crippen molar-refractivity contribution in [3.63, 3.8) is 0 Å². The third-order valence-corrected chi connectivity index (χ3v) is 12.9. The predicted molar refractivity (Wildman–Crippen MR) is 218 cm³/mol. The van der Waals surface area contributed by atoms with Gasteiger partial charge in [0.2, 0.25) is 17.6 Å². The fourth-order valence-corrected chi connectivity index (χ4v) is 8.83. The summed E-state index contributed by atoms with van der Waals surface area (Å²) in [5.74, 6) is -3.11. The van der Waals surface area contributed by atoms with E-state index in [2.05, 4.69) is 32.8 Å². The van der Waals surface area contributed by atoms with E-state index in [1.54, 1.807) is 12.1 Å². The zero-order valence-corrected chi connectivity index (χ0v) is 35.2. The Morgan fingerprint density at radius 2 is 1.65 bits per heavy atom. The smallest absolute Gasteiger partial charge is 0.315 e. The number of fused-ring (bicyclic) bond motifs is 1. The van der Waals surface area contributed by atoms with Crippen LogP contribution in [0.4, 0.5) is 4.79 Å². The van der Waals surface area contributed by atoms with Crippen LogP contribution in [0.15, 0.2) is 66.3 Å². The molecule has 1 aliphatic heterocycles. The number of nitrogens with zero attached hydrogens (tertiary/aromatic N) is 3. The third-order valence-electron chi connectivity index (χ3n) is 11.2. The molecule has 0 spiro atoms. The summed E-state index contributed by atoms with van der Waals surface area (Å²) in [6.45, 7) is 15.4. The molecular weight excluding hydrogens is 747 g/mol. The van der Waals surface area contributed by atoms with Crippen LogP contribution in [-0.4, -0.2) is 103 Å². The highest BCUT2D eigenvalue weighted by atomic mass is 32.2. The Balaban J connectivity index is 1.62. The van der Waals surface area contributed by atoms with Crippen LogP contribution in [0.2, 0.25) is 0 Å². The minimum absolute atomic E-state index is 0.00317. The quantitative estimate of drug-likeness (QED) is 0.130. The summed E-state index contributed by atoms with van der Waals surface area (Å²) in [6, 6.07) is 8.09. The Kier molecular flexibility index (Phi) is 15.6. The molecule has 2 aliphatic rings. The molecule has 4 N–H and O–H groups in total. The molecule has 1 fully saturated rings. The zero-order chi connectivity index (χ0) is 42.1. The lowest BCUT2D eigenvalue weighted by atomic mass is 9.86. The van der Waals surface area contributed by atoms with Gasteiger partial charge in [-0.3, -0.25) is 19.2 Å². The summed E-state index contributed by atoms with van der Waals surface area (Å²) >= 11 is 0. The second kappa shape index (κ2) is 19.7. The van der Waals surface area contributed by atoms with Crippen LogP contribution in [0.1, 0.15) is 78.4 Å². The standard InChI is InChI=1S/C42H61N7O7S/c1-9-11-18-32(37(50)39(52)44-21-10-2)45-38(51)36-31(27(3)4)20-23-49(36)40(53)35(30-24-28-16-12-13-17-29(28)25-30)47-41(54)46-33(42(5,6)7)26-48(8)57(55,56)34-19-14-15-22-43-34/h10,12-17,19,22,27,30-33,35-36H,2,9,11,18,20-21,23-26H2,1,3-8H3,(H,44,52)(H,45,51)(H2,46,47,54)/t31-,32?,33-,35+,36+/m1/s1. The molecule has 1 aromatic carbocycles. The van der Waals surface area contributed by atoms with Crippen molar-refractivity contribution in [1.82, 2.24) is 35.5 Å². The summed E-state index contributed by atoms with van der Waals surface area (Å²) in [4.78, 5) is 74.8. The number of aromatic nitrogens is 1. The molecule has 15 heteroatoms. The first-order valence-electron chi connectivity index (χ1n) is 20.0. The van der Waals surface area contributed by atoms with Gasteiger partial charge in [0.15, 0.2) is 5.03 Å². The van der Waals surface area contributed by atoms with E-state index in [1.807, 2.05) is 65.8 Å². The minimum atomic E-state index is -3.97. The number of hydrogen-bond donors (Lipinski definition) is 4. The lowest BCUT2D eigenvalue weighted by Gasteiger charge is -2.36. The number of pyridine rings is 1. The van der Waals surface area contributed by atoms with Gasteiger partial charge in [-0.15, -0.1) is 6.58 Å². The van der Waals surface area contributed by atoms with E-state index < -0.39 is 69.1 Å². The van der Waals surface area contributed by atoms with Gasteiger partial charge in [0.1, 0.15) is 12.1 Å². The predicted octanol–water partition coefficient (Wildman–Crippen LogP) is 3.62. The van der Waals surface area contributed by atoms with Crippen LogP contribution >= 0.6 is 0 Å². The summed E-state index contributed by atoms with van der Waals surface area (Å²) < 4.78 is 27.9. The van der Waals surface area contributed by atoms with E-state index in [9.17, 15) is 32.4 Å². The van der Waals surface area contributed by atoms with Gasteiger partial charge in [-0.25, -0.2) is 18.2 Å². The van der Waals surface area contributed by atoms with E-state index in [-0.39, 0.29) is 48.8 Å². The molecule has 2 aromatic rings. The molecule has 4 rings (SSSR count). The molecular formula is C42H61N7O7S. The van der Waals surface area contributed by atoms with Crippen LogP contribution in [-0.2, 0) is 42.0 Å². The summed E-state index contributed by atoms with van der Waals surface area (Å²) in [5.41, 5.74) is 1.53. The summed E-state index contributed by atoms with van der Waals surface area (Å²) in [6.07, 6.45) is 6.02. The van der Waals surface area contributed by atoms with Crippen molar-refractivity contribution in [3.05, 3.63) is 72.4 Å². The van der Waals surface area contributed by atoms with Crippen LogP contribution < -0.4 is 21.3 Å². The van der Waals surface area contributed by atoms with Crippen molar-refractivity contribution in [2.45, 2.75) is 109 Å². The topological polar surface area (TPSA) is 187 Å². The average Bonchev–Trinajstić information content (AvgIpc) is 3.82. The molecule has 1 aliphatic carbocycles. The number of hydrogen-bond acceptors (Lipinski definition) is 8. The normalized spacial score (nSPS) is 18.7. The van der Waals surface area contributed by atoms with Gasteiger partial charge in [-0.05, 0) is 72.1 Å². The second-order valence-corrected chi connectivity index (χ2v) is 18.6. The average molecular weight is 808 g/mol. The Morgan fingerprint density at radius 1 is 1.00 bits per heavy atom. The molecule has 0 bridgehead atoms. The number of rotatable bonds is 18. The molecule has 0 radical (unpaired) electrons. The monoisotopic (exact) mass is 807 g/mol. The van der Waals surface area contributed by atoms with Gasteiger partial charge in [-0.2, -0.15) is 4.31 Å². The van der Waals surface area contributed by atoms with Gasteiger partial charge in [0.05, 0.1) is 6.04 Å². The number of likely N-dealkylation sites (N-methyl/N-ethyl adjacent to an activating group) is 1. The van der Waals surface area contributed by atoms with Crippen LogP contribution in [0.3, 0.4) is 0 Å². The van der Waals surface area contributed by atoms with E-state index in [4.69, 9.17) is 0 Å². The minimum Gasteiger partial charge on any atom is -0.346 e. The molecule has 1 unspecified atom stereocenters. The highest BCUT2D eigenvalue weighted by Crippen LogP contribution is 2.35. The van der Waals surface area contributed by atoms with Crippen molar-refractivity contribution in [3.8, 4) is 0 Å². The molecule has 14 nitrogen and oxygen atoms in total. The number of likely N-dealkylation sites (tertiary alicyclic amines) is 1. The van der Waals surface area contributed by atoms with E-state index in [0.717, 1.165) is 21.9 Å². The molecule has 312 valence electrons. The van der Waals surface area contributed by atoms with Gasteiger partial charge >= 0.3 is 6.03 Å². The maximum atomic E-state index is 14.9. The molecule has 5 atom stereocenters. The molecule has 2 heterocycles. The largest absolute Gasteiger partial charge is 0.346 e. The Labute approximate surface area is 338 Å². The molecule has 1 saturated heterocycles. The van der Waals surface area contributed by atoms with Gasteiger partial charge in [0, 0.05) is 38.9 Å². The van der Waals surface area contributed by atoms with Crippen molar-refractivity contribution >= 4 is 39.6 Å². The van der Waals surface area contributed by atoms with Crippen molar-refractivity contribution < 1.29 is 32.4 Å². The Morgan fingerprint density at radius 3 is 2.21 bits per heavy atom. The lowest BCUT2D eigenvalue weighted by Crippen LogP contribution is -2.61. The van der Waals surface area contributed by atoms with Crippen molar-refractivity contribution in [2.75, 3.05) is 26.7 Å². The van der Waals surface area contributed by atoms with Crippen molar-refractivity contribution in [1.29, 1.82) is 0 Å². The van der Waals surface area contributed by atoms with Crippen molar-refractivity contribution in [2.24, 2.45) is 23.2 Å².